The lowest BCUT2D eigenvalue weighted by Gasteiger charge is -2.14. The molecule has 0 saturated heterocycles. The standard InChI is InChI=1S/C12H19N3/c13-15-12(9-10-4-5-10)7-6-11-3-1-2-8-14-11/h1-3,8,10,12,15H,4-7,9,13H2. The van der Waals surface area contributed by atoms with E-state index in [0.29, 0.717) is 6.04 Å². The monoisotopic (exact) mass is 205 g/mol. The molecule has 0 radical (unpaired) electrons. The summed E-state index contributed by atoms with van der Waals surface area (Å²) < 4.78 is 0. The summed E-state index contributed by atoms with van der Waals surface area (Å²) in [4.78, 5) is 4.31. The van der Waals surface area contributed by atoms with Crippen molar-refractivity contribution >= 4 is 0 Å². The first-order valence-electron chi connectivity index (χ1n) is 5.74. The Morgan fingerprint density at radius 3 is 2.93 bits per heavy atom. The minimum absolute atomic E-state index is 0.458. The number of nitrogens with zero attached hydrogens (tertiary/aromatic N) is 1. The zero-order valence-corrected chi connectivity index (χ0v) is 9.02. The summed E-state index contributed by atoms with van der Waals surface area (Å²) >= 11 is 0. The number of pyridine rings is 1. The van der Waals surface area contributed by atoms with Crippen LogP contribution in [0.2, 0.25) is 0 Å². The molecule has 0 aromatic carbocycles. The Morgan fingerprint density at radius 2 is 2.33 bits per heavy atom. The van der Waals surface area contributed by atoms with Crippen LogP contribution in [0.3, 0.4) is 0 Å². The second kappa shape index (κ2) is 5.24. The summed E-state index contributed by atoms with van der Waals surface area (Å²) in [5, 5.41) is 0. The van der Waals surface area contributed by atoms with Gasteiger partial charge in [-0.1, -0.05) is 18.9 Å². The number of nitrogens with one attached hydrogen (secondary N) is 1. The lowest BCUT2D eigenvalue weighted by molar-refractivity contribution is 0.440. The van der Waals surface area contributed by atoms with E-state index in [4.69, 9.17) is 5.84 Å². The summed E-state index contributed by atoms with van der Waals surface area (Å²) in [6.45, 7) is 0. The molecule has 1 fully saturated rings. The van der Waals surface area contributed by atoms with Crippen LogP contribution in [0, 0.1) is 5.92 Å². The highest BCUT2D eigenvalue weighted by Crippen LogP contribution is 2.34. The van der Waals surface area contributed by atoms with Gasteiger partial charge in [0.15, 0.2) is 0 Å². The van der Waals surface area contributed by atoms with E-state index in [-0.39, 0.29) is 0 Å². The number of rotatable bonds is 6. The first-order chi connectivity index (χ1) is 7.38. The second-order valence-corrected chi connectivity index (χ2v) is 4.40. The molecule has 1 atom stereocenters. The average molecular weight is 205 g/mol. The summed E-state index contributed by atoms with van der Waals surface area (Å²) in [6.07, 6.45) is 7.96. The van der Waals surface area contributed by atoms with E-state index in [2.05, 4.69) is 16.5 Å². The van der Waals surface area contributed by atoms with Crippen LogP contribution in [-0.2, 0) is 6.42 Å². The van der Waals surface area contributed by atoms with Crippen LogP contribution in [0.25, 0.3) is 0 Å². The molecule has 3 nitrogen and oxygen atoms in total. The van der Waals surface area contributed by atoms with Gasteiger partial charge in [0.2, 0.25) is 0 Å². The number of aromatic nitrogens is 1. The van der Waals surface area contributed by atoms with E-state index in [1.54, 1.807) is 0 Å². The van der Waals surface area contributed by atoms with Gasteiger partial charge in [-0.2, -0.15) is 0 Å². The van der Waals surface area contributed by atoms with Crippen LogP contribution >= 0.6 is 0 Å². The van der Waals surface area contributed by atoms with E-state index in [1.165, 1.54) is 19.3 Å². The molecule has 3 N–H and O–H groups in total. The smallest absolute Gasteiger partial charge is 0.0404 e. The molecule has 1 unspecified atom stereocenters. The van der Waals surface area contributed by atoms with Crippen LogP contribution in [0.15, 0.2) is 24.4 Å². The number of aryl methyl sites for hydroxylation is 1. The first-order valence-corrected chi connectivity index (χ1v) is 5.74. The van der Waals surface area contributed by atoms with Gasteiger partial charge < -0.3 is 0 Å². The molecule has 0 aliphatic heterocycles. The normalized spacial score (nSPS) is 17.7. The largest absolute Gasteiger partial charge is 0.271 e. The molecule has 1 saturated carbocycles. The maximum absolute atomic E-state index is 5.54. The van der Waals surface area contributed by atoms with E-state index in [0.717, 1.165) is 24.5 Å². The Balaban J connectivity index is 1.75. The summed E-state index contributed by atoms with van der Waals surface area (Å²) in [5.74, 6) is 6.47. The highest BCUT2D eigenvalue weighted by molar-refractivity contribution is 5.03. The first kappa shape index (κ1) is 10.6. The minimum atomic E-state index is 0.458. The Hall–Kier alpha value is -0.930. The molecule has 0 amide bonds. The van der Waals surface area contributed by atoms with Crippen LogP contribution in [0.1, 0.15) is 31.4 Å². The predicted octanol–water partition coefficient (Wildman–Crippen LogP) is 1.65. The van der Waals surface area contributed by atoms with Gasteiger partial charge in [0.1, 0.15) is 0 Å². The van der Waals surface area contributed by atoms with Gasteiger partial charge in [-0.15, -0.1) is 0 Å². The zero-order valence-electron chi connectivity index (χ0n) is 9.02. The lowest BCUT2D eigenvalue weighted by atomic mass is 10.0. The molecular formula is C12H19N3. The quantitative estimate of drug-likeness (QED) is 0.548. The summed E-state index contributed by atoms with van der Waals surface area (Å²) in [5.41, 5.74) is 4.08. The third kappa shape index (κ3) is 3.61. The van der Waals surface area contributed by atoms with Crippen molar-refractivity contribution < 1.29 is 0 Å². The fourth-order valence-electron chi connectivity index (χ4n) is 1.89. The molecule has 82 valence electrons. The number of nitrogens with two attached hydrogens (primary N) is 1. The molecule has 0 bridgehead atoms. The molecule has 15 heavy (non-hydrogen) atoms. The molecule has 1 aliphatic rings. The second-order valence-electron chi connectivity index (χ2n) is 4.40. The van der Waals surface area contributed by atoms with Gasteiger partial charge in [0.05, 0.1) is 0 Å². The van der Waals surface area contributed by atoms with Crippen molar-refractivity contribution in [2.45, 2.75) is 38.1 Å². The van der Waals surface area contributed by atoms with Gasteiger partial charge in [-0.05, 0) is 37.3 Å². The SMILES string of the molecule is NNC(CCc1ccccn1)CC1CC1. The van der Waals surface area contributed by atoms with Crippen molar-refractivity contribution in [3.63, 3.8) is 0 Å². The van der Waals surface area contributed by atoms with Gasteiger partial charge in [-0.25, -0.2) is 0 Å². The van der Waals surface area contributed by atoms with E-state index in [9.17, 15) is 0 Å². The molecule has 1 aromatic heterocycles. The lowest BCUT2D eigenvalue weighted by Crippen LogP contribution is -2.35. The zero-order chi connectivity index (χ0) is 10.5. The Bertz CT molecular complexity index is 282. The molecular weight excluding hydrogens is 186 g/mol. The van der Waals surface area contributed by atoms with Crippen molar-refractivity contribution in [2.24, 2.45) is 11.8 Å². The van der Waals surface area contributed by atoms with E-state index in [1.807, 2.05) is 18.3 Å². The van der Waals surface area contributed by atoms with Crippen molar-refractivity contribution in [3.8, 4) is 0 Å². The predicted molar refractivity (Wildman–Crippen MR) is 61.0 cm³/mol. The Kier molecular flexibility index (Phi) is 3.69. The maximum Gasteiger partial charge on any atom is 0.0404 e. The Labute approximate surface area is 91.1 Å². The van der Waals surface area contributed by atoms with Gasteiger partial charge in [0.25, 0.3) is 0 Å². The van der Waals surface area contributed by atoms with Gasteiger partial charge in [0, 0.05) is 17.9 Å². The van der Waals surface area contributed by atoms with Crippen LogP contribution < -0.4 is 11.3 Å². The van der Waals surface area contributed by atoms with Crippen molar-refractivity contribution in [3.05, 3.63) is 30.1 Å². The molecule has 1 aliphatic carbocycles. The number of hydrogen-bond acceptors (Lipinski definition) is 3. The van der Waals surface area contributed by atoms with Crippen molar-refractivity contribution in [1.82, 2.24) is 10.4 Å². The fourth-order valence-corrected chi connectivity index (χ4v) is 1.89. The molecule has 1 heterocycles. The van der Waals surface area contributed by atoms with Crippen molar-refractivity contribution in [1.29, 1.82) is 0 Å². The molecule has 0 spiro atoms. The fraction of sp³-hybridized carbons (Fsp3) is 0.583. The summed E-state index contributed by atoms with van der Waals surface area (Å²) in [6, 6.07) is 6.52. The third-order valence-corrected chi connectivity index (χ3v) is 3.03. The highest BCUT2D eigenvalue weighted by atomic mass is 15.2. The third-order valence-electron chi connectivity index (χ3n) is 3.03. The topological polar surface area (TPSA) is 50.9 Å². The molecule has 1 aromatic rings. The highest BCUT2D eigenvalue weighted by Gasteiger charge is 2.24. The Morgan fingerprint density at radius 1 is 1.47 bits per heavy atom. The molecule has 2 rings (SSSR count). The van der Waals surface area contributed by atoms with E-state index < -0.39 is 0 Å². The van der Waals surface area contributed by atoms with E-state index >= 15 is 0 Å². The van der Waals surface area contributed by atoms with Gasteiger partial charge >= 0.3 is 0 Å². The number of hydrazine groups is 1. The number of hydrogen-bond donors (Lipinski definition) is 2. The summed E-state index contributed by atoms with van der Waals surface area (Å²) in [7, 11) is 0. The van der Waals surface area contributed by atoms with Crippen LogP contribution in [-0.4, -0.2) is 11.0 Å². The van der Waals surface area contributed by atoms with Crippen LogP contribution in [0.5, 0.6) is 0 Å². The van der Waals surface area contributed by atoms with Crippen molar-refractivity contribution in [2.75, 3.05) is 0 Å². The van der Waals surface area contributed by atoms with Crippen LogP contribution in [0.4, 0.5) is 0 Å². The maximum atomic E-state index is 5.54. The molecule has 3 heteroatoms. The average Bonchev–Trinajstić information content (AvgIpc) is 3.09. The van der Waals surface area contributed by atoms with Gasteiger partial charge in [-0.3, -0.25) is 16.3 Å². The minimum Gasteiger partial charge on any atom is -0.271 e.